The van der Waals surface area contributed by atoms with E-state index in [1.165, 1.54) is 23.9 Å². The monoisotopic (exact) mass is 385 g/mol. The number of benzene rings is 2. The zero-order valence-corrected chi connectivity index (χ0v) is 14.2. The van der Waals surface area contributed by atoms with Crippen LogP contribution in [0.1, 0.15) is 0 Å². The maximum Gasteiger partial charge on any atom is 0.573 e. The molecule has 1 heterocycles. The number of hydrogen-bond acceptors (Lipinski definition) is 5. The van der Waals surface area contributed by atoms with Gasteiger partial charge in [-0.25, -0.2) is 0 Å². The highest BCUT2D eigenvalue weighted by molar-refractivity contribution is 8.00. The lowest BCUT2D eigenvalue weighted by Crippen LogP contribution is -2.18. The van der Waals surface area contributed by atoms with Crippen LogP contribution in [-0.4, -0.2) is 31.2 Å². The predicted molar refractivity (Wildman–Crippen MR) is 89.9 cm³/mol. The molecule has 2 aromatic rings. The number of thioether (sulfide) groups is 1. The third-order valence-corrected chi connectivity index (χ3v) is 4.23. The van der Waals surface area contributed by atoms with E-state index in [0.717, 1.165) is 17.0 Å². The highest BCUT2D eigenvalue weighted by atomic mass is 32.2. The van der Waals surface area contributed by atoms with E-state index < -0.39 is 12.1 Å². The Labute approximate surface area is 151 Å². The number of amides is 1. The van der Waals surface area contributed by atoms with Crippen LogP contribution in [0.25, 0.3) is 0 Å². The van der Waals surface area contributed by atoms with E-state index >= 15 is 0 Å². The van der Waals surface area contributed by atoms with Gasteiger partial charge in [-0.15, -0.1) is 24.9 Å². The third kappa shape index (κ3) is 5.22. The average Bonchev–Trinajstić information content (AvgIpc) is 2.58. The van der Waals surface area contributed by atoms with Crippen LogP contribution in [0.2, 0.25) is 0 Å². The van der Waals surface area contributed by atoms with Crippen molar-refractivity contribution in [2.75, 3.05) is 24.3 Å². The Morgan fingerprint density at radius 3 is 2.65 bits per heavy atom. The van der Waals surface area contributed by atoms with E-state index in [2.05, 4.69) is 10.1 Å². The van der Waals surface area contributed by atoms with Crippen molar-refractivity contribution in [2.45, 2.75) is 11.3 Å². The van der Waals surface area contributed by atoms with Gasteiger partial charge in [0.15, 0.2) is 11.5 Å². The molecule has 0 aliphatic carbocycles. The molecule has 0 spiro atoms. The van der Waals surface area contributed by atoms with Crippen molar-refractivity contribution in [2.24, 2.45) is 0 Å². The first-order chi connectivity index (χ1) is 12.4. The Bertz CT molecular complexity index is 798. The molecule has 26 heavy (non-hydrogen) atoms. The second-order valence-electron chi connectivity index (χ2n) is 5.22. The molecule has 138 valence electrons. The lowest BCUT2D eigenvalue weighted by molar-refractivity contribution is -0.274. The number of halogens is 3. The Balaban J connectivity index is 1.55. The molecule has 3 rings (SSSR count). The first-order valence-corrected chi connectivity index (χ1v) is 8.56. The summed E-state index contributed by atoms with van der Waals surface area (Å²) in [4.78, 5) is 12.8. The van der Waals surface area contributed by atoms with Crippen LogP contribution in [0.3, 0.4) is 0 Å². The van der Waals surface area contributed by atoms with Gasteiger partial charge < -0.3 is 19.5 Å². The largest absolute Gasteiger partial charge is 0.573 e. The summed E-state index contributed by atoms with van der Waals surface area (Å²) in [7, 11) is 0. The smallest absolute Gasteiger partial charge is 0.486 e. The van der Waals surface area contributed by atoms with Crippen LogP contribution in [0, 0.1) is 0 Å². The molecule has 5 nitrogen and oxygen atoms in total. The molecule has 1 aliphatic heterocycles. The van der Waals surface area contributed by atoms with E-state index in [4.69, 9.17) is 9.47 Å². The molecule has 0 atom stereocenters. The standard InChI is InChI=1S/C17H14F3NO4S/c18-17(19,20)25-12-3-1-2-11(8-12)21-16(22)10-26-13-4-5-14-15(9-13)24-7-6-23-14/h1-5,8-9H,6-7,10H2,(H,21,22). The van der Waals surface area contributed by atoms with Gasteiger partial charge in [0.05, 0.1) is 5.75 Å². The summed E-state index contributed by atoms with van der Waals surface area (Å²) in [6, 6.07) is 10.5. The van der Waals surface area contributed by atoms with Gasteiger partial charge in [0, 0.05) is 16.6 Å². The summed E-state index contributed by atoms with van der Waals surface area (Å²) in [6.45, 7) is 0.969. The number of ether oxygens (including phenoxy) is 3. The van der Waals surface area contributed by atoms with Gasteiger partial charge in [0.1, 0.15) is 19.0 Å². The van der Waals surface area contributed by atoms with Gasteiger partial charge in [0.2, 0.25) is 5.91 Å². The van der Waals surface area contributed by atoms with Crippen LogP contribution in [0.4, 0.5) is 18.9 Å². The highest BCUT2D eigenvalue weighted by Crippen LogP contribution is 2.34. The maximum absolute atomic E-state index is 12.2. The quantitative estimate of drug-likeness (QED) is 0.786. The van der Waals surface area contributed by atoms with E-state index in [1.54, 1.807) is 12.1 Å². The summed E-state index contributed by atoms with van der Waals surface area (Å²) >= 11 is 1.28. The minimum atomic E-state index is -4.78. The number of rotatable bonds is 5. The molecule has 0 unspecified atom stereocenters. The first kappa shape index (κ1) is 18.2. The van der Waals surface area contributed by atoms with Crippen LogP contribution < -0.4 is 19.5 Å². The fourth-order valence-corrected chi connectivity index (χ4v) is 2.95. The molecule has 1 N–H and O–H groups in total. The molecule has 0 bridgehead atoms. The van der Waals surface area contributed by atoms with E-state index in [9.17, 15) is 18.0 Å². The van der Waals surface area contributed by atoms with E-state index in [0.29, 0.717) is 24.7 Å². The van der Waals surface area contributed by atoms with Crippen molar-refractivity contribution >= 4 is 23.4 Å². The maximum atomic E-state index is 12.2. The molecule has 0 fully saturated rings. The SMILES string of the molecule is O=C(CSc1ccc2c(c1)OCCO2)Nc1cccc(OC(F)(F)F)c1. The number of alkyl halides is 3. The summed E-state index contributed by atoms with van der Waals surface area (Å²) < 4.78 is 51.4. The van der Waals surface area contributed by atoms with Crippen molar-refractivity contribution in [3.8, 4) is 17.2 Å². The molecule has 1 amide bonds. The summed E-state index contributed by atoms with van der Waals surface area (Å²) in [5.74, 6) is 0.623. The molecular weight excluding hydrogens is 371 g/mol. The molecular formula is C17H14F3NO4S. The van der Waals surface area contributed by atoms with Crippen molar-refractivity contribution < 1.29 is 32.2 Å². The molecule has 9 heteroatoms. The van der Waals surface area contributed by atoms with Gasteiger partial charge in [-0.2, -0.15) is 0 Å². The molecule has 0 radical (unpaired) electrons. The zero-order chi connectivity index (χ0) is 18.6. The Morgan fingerprint density at radius 2 is 1.88 bits per heavy atom. The molecule has 0 saturated carbocycles. The number of fused-ring (bicyclic) bond motifs is 1. The normalized spacial score (nSPS) is 13.2. The fourth-order valence-electron chi connectivity index (χ4n) is 2.23. The van der Waals surface area contributed by atoms with Crippen molar-refractivity contribution in [3.05, 3.63) is 42.5 Å². The van der Waals surface area contributed by atoms with Crippen LogP contribution in [0.5, 0.6) is 17.2 Å². The number of hydrogen-bond donors (Lipinski definition) is 1. The van der Waals surface area contributed by atoms with Crippen molar-refractivity contribution in [1.29, 1.82) is 0 Å². The minimum Gasteiger partial charge on any atom is -0.486 e. The second kappa shape index (κ2) is 7.77. The molecule has 1 aliphatic rings. The average molecular weight is 385 g/mol. The van der Waals surface area contributed by atoms with E-state index in [1.807, 2.05) is 6.07 Å². The molecule has 0 saturated heterocycles. The van der Waals surface area contributed by atoms with Gasteiger partial charge in [0.25, 0.3) is 0 Å². The summed E-state index contributed by atoms with van der Waals surface area (Å²) in [5, 5.41) is 2.54. The fraction of sp³-hybridized carbons (Fsp3) is 0.235. The van der Waals surface area contributed by atoms with Crippen LogP contribution in [0.15, 0.2) is 47.4 Å². The van der Waals surface area contributed by atoms with Gasteiger partial charge in [-0.3, -0.25) is 4.79 Å². The number of carbonyl (C=O) groups is 1. The van der Waals surface area contributed by atoms with Gasteiger partial charge in [-0.1, -0.05) is 6.07 Å². The lowest BCUT2D eigenvalue weighted by atomic mass is 10.3. The molecule has 0 aromatic heterocycles. The lowest BCUT2D eigenvalue weighted by Gasteiger charge is -2.18. The Hall–Kier alpha value is -2.55. The Morgan fingerprint density at radius 1 is 1.12 bits per heavy atom. The zero-order valence-electron chi connectivity index (χ0n) is 13.3. The van der Waals surface area contributed by atoms with Crippen LogP contribution >= 0.6 is 11.8 Å². The number of anilines is 1. The van der Waals surface area contributed by atoms with Gasteiger partial charge in [-0.05, 0) is 30.3 Å². The van der Waals surface area contributed by atoms with Gasteiger partial charge >= 0.3 is 6.36 Å². The van der Waals surface area contributed by atoms with Crippen molar-refractivity contribution in [1.82, 2.24) is 0 Å². The number of carbonyl (C=O) groups excluding carboxylic acids is 1. The topological polar surface area (TPSA) is 56.8 Å². The third-order valence-electron chi connectivity index (χ3n) is 3.23. The van der Waals surface area contributed by atoms with Crippen LogP contribution in [-0.2, 0) is 4.79 Å². The summed E-state index contributed by atoms with van der Waals surface area (Å²) in [6.07, 6.45) is -4.78. The minimum absolute atomic E-state index is 0.0873. The second-order valence-corrected chi connectivity index (χ2v) is 6.27. The molecule has 2 aromatic carbocycles. The Kier molecular flexibility index (Phi) is 5.46. The van der Waals surface area contributed by atoms with E-state index in [-0.39, 0.29) is 17.3 Å². The first-order valence-electron chi connectivity index (χ1n) is 7.57. The summed E-state index contributed by atoms with van der Waals surface area (Å²) in [5.41, 5.74) is 0.222. The highest BCUT2D eigenvalue weighted by Gasteiger charge is 2.31. The van der Waals surface area contributed by atoms with Crippen molar-refractivity contribution in [3.63, 3.8) is 0 Å². The predicted octanol–water partition coefficient (Wildman–Crippen LogP) is 4.09. The number of nitrogens with one attached hydrogen (secondary N) is 1.